The van der Waals surface area contributed by atoms with Crippen LogP contribution in [0.25, 0.3) is 0 Å². The van der Waals surface area contributed by atoms with Crippen LogP contribution in [-0.2, 0) is 11.8 Å². The number of rotatable bonds is 3. The number of aromatic nitrogens is 2. The number of amides is 1. The summed E-state index contributed by atoms with van der Waals surface area (Å²) in [5.41, 5.74) is 0.0609. The third kappa shape index (κ3) is 3.27. The van der Waals surface area contributed by atoms with Crippen molar-refractivity contribution in [2.24, 2.45) is 7.05 Å². The van der Waals surface area contributed by atoms with Gasteiger partial charge in [0.05, 0.1) is 17.6 Å². The first-order valence-electron chi connectivity index (χ1n) is 6.31. The summed E-state index contributed by atoms with van der Waals surface area (Å²) in [6.45, 7) is -0.335. The fraction of sp³-hybridized carbons (Fsp3) is 0.636. The van der Waals surface area contributed by atoms with Gasteiger partial charge >= 0.3 is 11.8 Å². The van der Waals surface area contributed by atoms with E-state index in [0.29, 0.717) is 0 Å². The molecule has 9 nitrogen and oxygen atoms in total. The lowest BCUT2D eigenvalue weighted by atomic mass is 10.0. The molecule has 1 aliphatic heterocycles. The van der Waals surface area contributed by atoms with Crippen LogP contribution in [0.4, 0.5) is 14.9 Å². The normalized spacial score (nSPS) is 26.1. The molecule has 10 heteroatoms. The fourth-order valence-electron chi connectivity index (χ4n) is 2.41. The highest BCUT2D eigenvalue weighted by molar-refractivity contribution is 5.64. The molecule has 0 aliphatic carbocycles. The predicted molar refractivity (Wildman–Crippen MR) is 67.6 cm³/mol. The van der Waals surface area contributed by atoms with Crippen molar-refractivity contribution < 1.29 is 24.0 Å². The first-order chi connectivity index (χ1) is 9.90. The number of ether oxygens (including phenoxy) is 1. The first-order valence-corrected chi connectivity index (χ1v) is 6.31. The molecule has 0 radical (unpaired) electrons. The molecule has 3 atom stereocenters. The van der Waals surface area contributed by atoms with E-state index in [1.54, 1.807) is 0 Å². The standard InChI is InChI=1S/C11H15FN4O5/c1-15-10(8(4-13-15)16(19)20)9-3-2-7(14-11(17)18)6(12)5-21-9/h4,6-7,9,14H,2-3,5H2,1H3,(H,17,18)/t6-,7+,9-/m0/s1. The van der Waals surface area contributed by atoms with Gasteiger partial charge < -0.3 is 15.2 Å². The van der Waals surface area contributed by atoms with Crippen molar-refractivity contribution in [1.82, 2.24) is 15.1 Å². The average Bonchev–Trinajstić information content (AvgIpc) is 2.70. The predicted octanol–water partition coefficient (Wildman–Crippen LogP) is 1.15. The molecule has 1 fully saturated rings. The molecule has 0 aromatic carbocycles. The Labute approximate surface area is 118 Å². The number of hydrogen-bond acceptors (Lipinski definition) is 5. The highest BCUT2D eigenvalue weighted by Crippen LogP contribution is 2.33. The van der Waals surface area contributed by atoms with Gasteiger partial charge in [-0.15, -0.1) is 0 Å². The molecular formula is C11H15FN4O5. The molecule has 1 aliphatic rings. The molecule has 0 unspecified atom stereocenters. The Balaban J connectivity index is 2.18. The van der Waals surface area contributed by atoms with E-state index < -0.39 is 29.3 Å². The maximum absolute atomic E-state index is 13.8. The summed E-state index contributed by atoms with van der Waals surface area (Å²) in [6, 6.07) is -0.889. The van der Waals surface area contributed by atoms with E-state index in [2.05, 4.69) is 10.4 Å². The molecule has 1 aromatic rings. The number of halogens is 1. The number of nitrogens with zero attached hydrogens (tertiary/aromatic N) is 3. The van der Waals surface area contributed by atoms with Crippen molar-refractivity contribution >= 4 is 11.8 Å². The van der Waals surface area contributed by atoms with E-state index in [1.165, 1.54) is 11.7 Å². The maximum atomic E-state index is 13.8. The Morgan fingerprint density at radius 2 is 2.38 bits per heavy atom. The highest BCUT2D eigenvalue weighted by Gasteiger charge is 2.34. The summed E-state index contributed by atoms with van der Waals surface area (Å²) in [4.78, 5) is 21.0. The highest BCUT2D eigenvalue weighted by atomic mass is 19.1. The summed E-state index contributed by atoms with van der Waals surface area (Å²) >= 11 is 0. The van der Waals surface area contributed by atoms with Crippen molar-refractivity contribution in [2.45, 2.75) is 31.2 Å². The Morgan fingerprint density at radius 3 is 3.00 bits per heavy atom. The van der Waals surface area contributed by atoms with Crippen molar-refractivity contribution in [2.75, 3.05) is 6.61 Å². The molecule has 1 amide bonds. The van der Waals surface area contributed by atoms with Crippen molar-refractivity contribution in [3.8, 4) is 0 Å². The van der Waals surface area contributed by atoms with Gasteiger partial charge in [0.1, 0.15) is 24.2 Å². The smallest absolute Gasteiger partial charge is 0.404 e. The van der Waals surface area contributed by atoms with Gasteiger partial charge in [0.2, 0.25) is 0 Å². The molecule has 2 N–H and O–H groups in total. The molecule has 0 saturated carbocycles. The lowest BCUT2D eigenvalue weighted by Crippen LogP contribution is -2.41. The third-order valence-corrected chi connectivity index (χ3v) is 3.41. The molecular weight excluding hydrogens is 287 g/mol. The minimum Gasteiger partial charge on any atom is -0.465 e. The van der Waals surface area contributed by atoms with Gasteiger partial charge in [-0.05, 0) is 12.8 Å². The van der Waals surface area contributed by atoms with Crippen LogP contribution >= 0.6 is 0 Å². The van der Waals surface area contributed by atoms with Crippen LogP contribution < -0.4 is 5.32 Å². The third-order valence-electron chi connectivity index (χ3n) is 3.41. The summed E-state index contributed by atoms with van der Waals surface area (Å²) in [7, 11) is 1.54. The number of nitrogens with one attached hydrogen (secondary N) is 1. The van der Waals surface area contributed by atoms with Crippen LogP contribution in [0.2, 0.25) is 0 Å². The van der Waals surface area contributed by atoms with E-state index in [-0.39, 0.29) is 30.8 Å². The van der Waals surface area contributed by atoms with Crippen LogP contribution in [0.15, 0.2) is 6.20 Å². The molecule has 2 heterocycles. The molecule has 2 rings (SSSR count). The summed E-state index contributed by atoms with van der Waals surface area (Å²) in [6.07, 6.45) is -1.96. The van der Waals surface area contributed by atoms with Crippen molar-refractivity contribution in [3.63, 3.8) is 0 Å². The number of aryl methyl sites for hydroxylation is 1. The van der Waals surface area contributed by atoms with Gasteiger partial charge in [-0.2, -0.15) is 5.10 Å². The second-order valence-electron chi connectivity index (χ2n) is 4.77. The number of carbonyl (C=O) groups is 1. The maximum Gasteiger partial charge on any atom is 0.404 e. The minimum atomic E-state index is -1.50. The number of hydrogen-bond donors (Lipinski definition) is 2. The molecule has 116 valence electrons. The van der Waals surface area contributed by atoms with Gasteiger partial charge in [-0.25, -0.2) is 9.18 Å². The molecule has 0 bridgehead atoms. The Kier molecular flexibility index (Phi) is 4.36. The Bertz CT molecular complexity index is 549. The lowest BCUT2D eigenvalue weighted by Gasteiger charge is -2.16. The van der Waals surface area contributed by atoms with Gasteiger partial charge in [0.15, 0.2) is 0 Å². The van der Waals surface area contributed by atoms with Crippen LogP contribution in [0.3, 0.4) is 0 Å². The minimum absolute atomic E-state index is 0.181. The zero-order valence-electron chi connectivity index (χ0n) is 11.2. The van der Waals surface area contributed by atoms with Gasteiger partial charge in [0.25, 0.3) is 0 Å². The molecule has 1 aromatic heterocycles. The van der Waals surface area contributed by atoms with E-state index in [9.17, 15) is 19.3 Å². The second-order valence-corrected chi connectivity index (χ2v) is 4.77. The van der Waals surface area contributed by atoms with Gasteiger partial charge in [0, 0.05) is 7.05 Å². The number of alkyl halides is 1. The van der Waals surface area contributed by atoms with Crippen molar-refractivity contribution in [1.29, 1.82) is 0 Å². The largest absolute Gasteiger partial charge is 0.465 e. The SMILES string of the molecule is Cn1ncc([N+](=O)[O-])c1[C@@H]1CC[C@@H](NC(=O)O)[C@@H](F)CO1. The summed E-state index contributed by atoms with van der Waals surface area (Å²) < 4.78 is 20.5. The zero-order chi connectivity index (χ0) is 15.6. The van der Waals surface area contributed by atoms with Crippen molar-refractivity contribution in [3.05, 3.63) is 22.0 Å². The number of nitro groups is 1. The van der Waals surface area contributed by atoms with Gasteiger partial charge in [-0.3, -0.25) is 14.8 Å². The van der Waals surface area contributed by atoms with Crippen LogP contribution in [0, 0.1) is 10.1 Å². The Morgan fingerprint density at radius 1 is 1.67 bits per heavy atom. The topological polar surface area (TPSA) is 120 Å². The van der Waals surface area contributed by atoms with E-state index in [4.69, 9.17) is 9.84 Å². The van der Waals surface area contributed by atoms with Gasteiger partial charge in [-0.1, -0.05) is 0 Å². The number of carboxylic acid groups (broad SMARTS) is 1. The lowest BCUT2D eigenvalue weighted by molar-refractivity contribution is -0.386. The fourth-order valence-corrected chi connectivity index (χ4v) is 2.41. The van der Waals surface area contributed by atoms with E-state index >= 15 is 0 Å². The van der Waals surface area contributed by atoms with E-state index in [1.807, 2.05) is 0 Å². The van der Waals surface area contributed by atoms with E-state index in [0.717, 1.165) is 6.20 Å². The Hall–Kier alpha value is -2.23. The van der Waals surface area contributed by atoms with Crippen LogP contribution in [0.5, 0.6) is 0 Å². The second kappa shape index (κ2) is 6.04. The molecule has 1 saturated heterocycles. The van der Waals surface area contributed by atoms with Crippen LogP contribution in [-0.4, -0.2) is 44.7 Å². The van der Waals surface area contributed by atoms with Crippen LogP contribution in [0.1, 0.15) is 24.6 Å². The quantitative estimate of drug-likeness (QED) is 0.638. The molecule has 0 spiro atoms. The monoisotopic (exact) mass is 302 g/mol. The molecule has 21 heavy (non-hydrogen) atoms. The zero-order valence-corrected chi connectivity index (χ0v) is 11.2. The summed E-state index contributed by atoms with van der Waals surface area (Å²) in [5.74, 6) is 0. The first kappa shape index (κ1) is 15.2. The average molecular weight is 302 g/mol. The summed E-state index contributed by atoms with van der Waals surface area (Å²) in [5, 5.41) is 25.6.